The third kappa shape index (κ3) is 4.03. The summed E-state index contributed by atoms with van der Waals surface area (Å²) in [5.74, 6) is -5.09. The lowest BCUT2D eigenvalue weighted by atomic mass is 10.1. The molecule has 128 valence electrons. The van der Waals surface area contributed by atoms with Gasteiger partial charge in [-0.05, 0) is 12.1 Å². The van der Waals surface area contributed by atoms with E-state index in [2.05, 4.69) is 10.3 Å². The van der Waals surface area contributed by atoms with Crippen molar-refractivity contribution in [2.75, 3.05) is 6.54 Å². The van der Waals surface area contributed by atoms with E-state index in [1.54, 1.807) is 0 Å². The first-order chi connectivity index (χ1) is 11.2. The Morgan fingerprint density at radius 2 is 1.75 bits per heavy atom. The molecule has 0 bridgehead atoms. The number of hydrogen-bond donors (Lipinski definition) is 1. The number of alkyl halides is 3. The molecule has 1 N–H and O–H groups in total. The third-order valence-electron chi connectivity index (χ3n) is 3.08. The van der Waals surface area contributed by atoms with E-state index in [0.717, 1.165) is 18.2 Å². The Morgan fingerprint density at radius 1 is 1.08 bits per heavy atom. The van der Waals surface area contributed by atoms with Crippen molar-refractivity contribution < 1.29 is 31.1 Å². The summed E-state index contributed by atoms with van der Waals surface area (Å²) in [4.78, 5) is 14.9. The van der Waals surface area contributed by atoms with E-state index in [9.17, 15) is 31.1 Å². The van der Waals surface area contributed by atoms with Crippen molar-refractivity contribution in [2.24, 2.45) is 0 Å². The van der Waals surface area contributed by atoms with Crippen LogP contribution in [0.15, 0.2) is 30.3 Å². The van der Waals surface area contributed by atoms with Gasteiger partial charge in [0, 0.05) is 19.0 Å². The number of pyridine rings is 1. The molecule has 9 heteroatoms. The highest BCUT2D eigenvalue weighted by Crippen LogP contribution is 2.31. The zero-order valence-electron chi connectivity index (χ0n) is 11.9. The van der Waals surface area contributed by atoms with Crippen LogP contribution >= 0.6 is 0 Å². The second-order valence-corrected chi connectivity index (χ2v) is 4.74. The van der Waals surface area contributed by atoms with Crippen LogP contribution in [0.5, 0.6) is 0 Å². The van der Waals surface area contributed by atoms with Gasteiger partial charge in [-0.1, -0.05) is 12.1 Å². The molecule has 0 aliphatic carbocycles. The fourth-order valence-corrected chi connectivity index (χ4v) is 1.97. The fraction of sp³-hybridized carbons (Fsp3) is 0.200. The Labute approximate surface area is 132 Å². The maximum Gasteiger partial charge on any atom is 0.417 e. The van der Waals surface area contributed by atoms with Crippen molar-refractivity contribution in [3.63, 3.8) is 0 Å². The Bertz CT molecular complexity index is 760. The van der Waals surface area contributed by atoms with Crippen LogP contribution in [0.25, 0.3) is 0 Å². The zero-order valence-corrected chi connectivity index (χ0v) is 11.9. The minimum absolute atomic E-state index is 0.304. The largest absolute Gasteiger partial charge is 0.417 e. The molecule has 0 saturated heterocycles. The average Bonchev–Trinajstić information content (AvgIpc) is 2.51. The van der Waals surface area contributed by atoms with Crippen molar-refractivity contribution in [1.82, 2.24) is 10.3 Å². The molecule has 1 aromatic heterocycles. The molecule has 2 rings (SSSR count). The first-order valence-electron chi connectivity index (χ1n) is 6.65. The van der Waals surface area contributed by atoms with Gasteiger partial charge in [-0.25, -0.2) is 13.8 Å². The van der Waals surface area contributed by atoms with Crippen LogP contribution < -0.4 is 5.32 Å². The standard InChI is InChI=1S/C15H10F6N2O/c16-10-7-11(17)13(18)23-12(10)5-6-22-14(24)8-3-1-2-4-9(8)15(19,20)21/h1-4,7H,5-6H2,(H,22,24). The summed E-state index contributed by atoms with van der Waals surface area (Å²) in [6, 6.07) is 4.46. The van der Waals surface area contributed by atoms with Crippen molar-refractivity contribution in [1.29, 1.82) is 0 Å². The summed E-state index contributed by atoms with van der Waals surface area (Å²) in [5.41, 5.74) is -2.15. The summed E-state index contributed by atoms with van der Waals surface area (Å²) < 4.78 is 77.5. The smallest absolute Gasteiger partial charge is 0.352 e. The third-order valence-corrected chi connectivity index (χ3v) is 3.08. The Balaban J connectivity index is 2.06. The van der Waals surface area contributed by atoms with E-state index < -0.39 is 46.5 Å². The van der Waals surface area contributed by atoms with Crippen LogP contribution in [-0.4, -0.2) is 17.4 Å². The Morgan fingerprint density at radius 3 is 2.42 bits per heavy atom. The lowest BCUT2D eigenvalue weighted by molar-refractivity contribution is -0.137. The molecule has 2 aromatic rings. The Kier molecular flexibility index (Phi) is 5.10. The van der Waals surface area contributed by atoms with Gasteiger partial charge in [0.25, 0.3) is 5.91 Å². The van der Waals surface area contributed by atoms with Crippen LogP contribution in [0.2, 0.25) is 0 Å². The van der Waals surface area contributed by atoms with Gasteiger partial charge in [-0.3, -0.25) is 4.79 Å². The fourth-order valence-electron chi connectivity index (χ4n) is 1.97. The van der Waals surface area contributed by atoms with Gasteiger partial charge in [-0.15, -0.1) is 0 Å². The minimum Gasteiger partial charge on any atom is -0.352 e. The van der Waals surface area contributed by atoms with Crippen LogP contribution in [0.4, 0.5) is 26.3 Å². The van der Waals surface area contributed by atoms with Gasteiger partial charge >= 0.3 is 6.18 Å². The van der Waals surface area contributed by atoms with E-state index in [-0.39, 0.29) is 13.0 Å². The number of carbonyl (C=O) groups excluding carboxylic acids is 1. The topological polar surface area (TPSA) is 42.0 Å². The lowest BCUT2D eigenvalue weighted by Gasteiger charge is -2.12. The molecular formula is C15H10F6N2O. The van der Waals surface area contributed by atoms with Crippen molar-refractivity contribution in [3.05, 3.63) is 64.7 Å². The van der Waals surface area contributed by atoms with Gasteiger partial charge in [0.2, 0.25) is 5.95 Å². The molecule has 0 fully saturated rings. The monoisotopic (exact) mass is 348 g/mol. The van der Waals surface area contributed by atoms with Crippen LogP contribution in [-0.2, 0) is 12.6 Å². The summed E-state index contributed by atoms with van der Waals surface area (Å²) in [5, 5.41) is 2.16. The van der Waals surface area contributed by atoms with Gasteiger partial charge in [0.1, 0.15) is 5.82 Å². The summed E-state index contributed by atoms with van der Waals surface area (Å²) in [7, 11) is 0. The molecule has 0 saturated carbocycles. The predicted octanol–water partition coefficient (Wildman–Crippen LogP) is 3.49. The normalized spacial score (nSPS) is 11.4. The quantitative estimate of drug-likeness (QED) is 0.679. The number of nitrogens with one attached hydrogen (secondary N) is 1. The van der Waals surface area contributed by atoms with Crippen LogP contribution in [0.1, 0.15) is 21.6 Å². The van der Waals surface area contributed by atoms with Crippen molar-refractivity contribution >= 4 is 5.91 Å². The minimum atomic E-state index is -4.71. The molecule has 1 amide bonds. The SMILES string of the molecule is O=C(NCCc1nc(F)c(F)cc1F)c1ccccc1C(F)(F)F. The number of nitrogens with zero attached hydrogens (tertiary/aromatic N) is 1. The summed E-state index contributed by atoms with van der Waals surface area (Å²) >= 11 is 0. The zero-order chi connectivity index (χ0) is 17.9. The van der Waals surface area contributed by atoms with E-state index in [1.165, 1.54) is 6.07 Å². The number of amides is 1. The van der Waals surface area contributed by atoms with Gasteiger partial charge in [0.05, 0.1) is 16.8 Å². The maximum atomic E-state index is 13.4. The van der Waals surface area contributed by atoms with E-state index in [0.29, 0.717) is 6.07 Å². The molecule has 0 atom stereocenters. The molecular weight excluding hydrogens is 338 g/mol. The van der Waals surface area contributed by atoms with Crippen LogP contribution in [0, 0.1) is 17.6 Å². The summed E-state index contributed by atoms with van der Waals surface area (Å²) in [6.07, 6.45) is -5.02. The second-order valence-electron chi connectivity index (χ2n) is 4.74. The molecule has 24 heavy (non-hydrogen) atoms. The molecule has 1 aromatic carbocycles. The van der Waals surface area contributed by atoms with Crippen molar-refractivity contribution in [3.8, 4) is 0 Å². The molecule has 0 aliphatic rings. The van der Waals surface area contributed by atoms with Gasteiger partial charge in [-0.2, -0.15) is 17.6 Å². The summed E-state index contributed by atoms with van der Waals surface area (Å²) in [6.45, 7) is -0.306. The first-order valence-corrected chi connectivity index (χ1v) is 6.65. The number of aromatic nitrogens is 1. The average molecular weight is 348 g/mol. The first kappa shape index (κ1) is 17.8. The molecule has 0 radical (unpaired) electrons. The maximum absolute atomic E-state index is 13.4. The lowest BCUT2D eigenvalue weighted by Crippen LogP contribution is -2.28. The Hall–Kier alpha value is -2.58. The number of halogens is 6. The molecule has 0 spiro atoms. The van der Waals surface area contributed by atoms with E-state index in [4.69, 9.17) is 0 Å². The van der Waals surface area contributed by atoms with Crippen LogP contribution in [0.3, 0.4) is 0 Å². The highest BCUT2D eigenvalue weighted by Gasteiger charge is 2.34. The number of benzene rings is 1. The second kappa shape index (κ2) is 6.90. The highest BCUT2D eigenvalue weighted by atomic mass is 19.4. The highest BCUT2D eigenvalue weighted by molar-refractivity contribution is 5.95. The number of carbonyl (C=O) groups is 1. The van der Waals surface area contributed by atoms with E-state index >= 15 is 0 Å². The van der Waals surface area contributed by atoms with Gasteiger partial charge in [0.15, 0.2) is 5.82 Å². The molecule has 0 unspecified atom stereocenters. The predicted molar refractivity (Wildman–Crippen MR) is 71.6 cm³/mol. The molecule has 3 nitrogen and oxygen atoms in total. The molecule has 0 aliphatic heterocycles. The van der Waals surface area contributed by atoms with E-state index in [1.807, 2.05) is 0 Å². The number of rotatable bonds is 4. The van der Waals surface area contributed by atoms with Gasteiger partial charge < -0.3 is 5.32 Å². The van der Waals surface area contributed by atoms with Crippen molar-refractivity contribution in [2.45, 2.75) is 12.6 Å². The molecule has 1 heterocycles. The number of hydrogen-bond acceptors (Lipinski definition) is 2.